The Kier molecular flexibility index (Phi) is 4.78. The van der Waals surface area contributed by atoms with Gasteiger partial charge in [-0.1, -0.05) is 41.3 Å². The van der Waals surface area contributed by atoms with Crippen molar-refractivity contribution in [3.63, 3.8) is 0 Å². The third-order valence-corrected chi connectivity index (χ3v) is 3.93. The lowest BCUT2D eigenvalue weighted by Gasteiger charge is -2.10. The molecule has 0 bridgehead atoms. The Balaban J connectivity index is 1.69. The minimum Gasteiger partial charge on any atom is -0.491 e. The Bertz CT molecular complexity index is 422. The predicted molar refractivity (Wildman–Crippen MR) is 68.6 cm³/mol. The summed E-state index contributed by atoms with van der Waals surface area (Å²) in [4.78, 5) is 0. The zero-order chi connectivity index (χ0) is 11.9. The van der Waals surface area contributed by atoms with Crippen LogP contribution in [0.15, 0.2) is 40.2 Å². The zero-order valence-corrected chi connectivity index (χ0v) is 10.7. The van der Waals surface area contributed by atoms with Gasteiger partial charge in [0.25, 0.3) is 0 Å². The molecule has 2 aromatic rings. The van der Waals surface area contributed by atoms with Gasteiger partial charge < -0.3 is 9.84 Å². The van der Waals surface area contributed by atoms with E-state index in [0.717, 1.165) is 10.1 Å². The lowest BCUT2D eigenvalue weighted by Crippen LogP contribution is -2.19. The smallest absolute Gasteiger partial charge is 0.174 e. The summed E-state index contributed by atoms with van der Waals surface area (Å²) in [6.45, 7) is 0.288. The lowest BCUT2D eigenvalue weighted by atomic mass is 10.3. The summed E-state index contributed by atoms with van der Waals surface area (Å²) in [7, 11) is 0. The second-order valence-corrected chi connectivity index (χ2v) is 5.39. The SMILES string of the molecule is OC(COc1ccccc1)CSc1nncs1. The molecule has 90 valence electrons. The van der Waals surface area contributed by atoms with Crippen molar-refractivity contribution < 1.29 is 9.84 Å². The number of ether oxygens (including phenoxy) is 1. The molecule has 2 rings (SSSR count). The van der Waals surface area contributed by atoms with E-state index in [-0.39, 0.29) is 6.61 Å². The van der Waals surface area contributed by atoms with E-state index in [1.54, 1.807) is 5.51 Å². The van der Waals surface area contributed by atoms with Gasteiger partial charge in [0.05, 0.1) is 6.10 Å². The highest BCUT2D eigenvalue weighted by atomic mass is 32.2. The first-order valence-electron chi connectivity index (χ1n) is 5.09. The zero-order valence-electron chi connectivity index (χ0n) is 9.02. The summed E-state index contributed by atoms with van der Waals surface area (Å²) in [5.74, 6) is 1.33. The van der Waals surface area contributed by atoms with Crippen LogP contribution in [0.1, 0.15) is 0 Å². The average molecular weight is 268 g/mol. The van der Waals surface area contributed by atoms with Crippen molar-refractivity contribution >= 4 is 23.1 Å². The summed E-state index contributed by atoms with van der Waals surface area (Å²) in [6.07, 6.45) is -0.510. The Hall–Kier alpha value is -1.11. The molecule has 1 N–H and O–H groups in total. The summed E-state index contributed by atoms with van der Waals surface area (Å²) in [5, 5.41) is 17.3. The minimum absolute atomic E-state index is 0.288. The number of aromatic nitrogens is 2. The number of hydrogen-bond acceptors (Lipinski definition) is 6. The Morgan fingerprint density at radius 2 is 2.18 bits per heavy atom. The van der Waals surface area contributed by atoms with Gasteiger partial charge in [0.2, 0.25) is 0 Å². The van der Waals surface area contributed by atoms with Crippen molar-refractivity contribution in [2.24, 2.45) is 0 Å². The number of aliphatic hydroxyl groups is 1. The Morgan fingerprint density at radius 1 is 1.35 bits per heavy atom. The van der Waals surface area contributed by atoms with Crippen LogP contribution in [0, 0.1) is 0 Å². The van der Waals surface area contributed by atoms with E-state index < -0.39 is 6.10 Å². The van der Waals surface area contributed by atoms with Crippen LogP contribution in [0.2, 0.25) is 0 Å². The molecular weight excluding hydrogens is 256 g/mol. The maximum Gasteiger partial charge on any atom is 0.174 e. The second-order valence-electron chi connectivity index (χ2n) is 3.29. The molecule has 0 aliphatic carbocycles. The van der Waals surface area contributed by atoms with Gasteiger partial charge in [0.15, 0.2) is 4.34 Å². The summed E-state index contributed by atoms with van der Waals surface area (Å²) in [6, 6.07) is 9.46. The fourth-order valence-electron chi connectivity index (χ4n) is 1.15. The van der Waals surface area contributed by atoms with Gasteiger partial charge in [-0.05, 0) is 12.1 Å². The van der Waals surface area contributed by atoms with Crippen LogP contribution in [0.25, 0.3) is 0 Å². The minimum atomic E-state index is -0.510. The van der Waals surface area contributed by atoms with Crippen molar-refractivity contribution in [3.05, 3.63) is 35.8 Å². The third-order valence-electron chi connectivity index (χ3n) is 1.92. The molecule has 0 saturated heterocycles. The van der Waals surface area contributed by atoms with Crippen LogP contribution in [-0.2, 0) is 0 Å². The van der Waals surface area contributed by atoms with Crippen LogP contribution in [0.4, 0.5) is 0 Å². The van der Waals surface area contributed by atoms with Crippen LogP contribution >= 0.6 is 23.1 Å². The van der Waals surface area contributed by atoms with Gasteiger partial charge in [-0.2, -0.15) is 0 Å². The number of rotatable bonds is 6. The monoisotopic (exact) mass is 268 g/mol. The van der Waals surface area contributed by atoms with Crippen molar-refractivity contribution in [1.29, 1.82) is 0 Å². The number of benzene rings is 1. The van der Waals surface area contributed by atoms with Gasteiger partial charge in [-0.25, -0.2) is 0 Å². The molecule has 6 heteroatoms. The van der Waals surface area contributed by atoms with E-state index in [9.17, 15) is 5.11 Å². The highest BCUT2D eigenvalue weighted by molar-refractivity contribution is 8.01. The fraction of sp³-hybridized carbons (Fsp3) is 0.273. The first kappa shape index (κ1) is 12.3. The van der Waals surface area contributed by atoms with Crippen LogP contribution in [0.5, 0.6) is 5.75 Å². The van der Waals surface area contributed by atoms with Gasteiger partial charge in [0, 0.05) is 5.75 Å². The molecule has 0 fully saturated rings. The van der Waals surface area contributed by atoms with Gasteiger partial charge in [-0.3, -0.25) is 0 Å². The molecule has 0 saturated carbocycles. The van der Waals surface area contributed by atoms with E-state index in [2.05, 4.69) is 10.2 Å². The molecule has 1 aromatic carbocycles. The highest BCUT2D eigenvalue weighted by Gasteiger charge is 2.07. The van der Waals surface area contributed by atoms with Gasteiger partial charge >= 0.3 is 0 Å². The van der Waals surface area contributed by atoms with Crippen molar-refractivity contribution in [2.75, 3.05) is 12.4 Å². The standard InChI is InChI=1S/C11H12N2O2S2/c14-9(7-16-11-13-12-8-17-11)6-15-10-4-2-1-3-5-10/h1-5,8-9,14H,6-7H2. The van der Waals surface area contributed by atoms with Gasteiger partial charge in [0.1, 0.15) is 17.9 Å². The van der Waals surface area contributed by atoms with Gasteiger partial charge in [-0.15, -0.1) is 10.2 Å². The Morgan fingerprint density at radius 3 is 2.88 bits per heavy atom. The van der Waals surface area contributed by atoms with E-state index >= 15 is 0 Å². The summed E-state index contributed by atoms with van der Waals surface area (Å²) < 4.78 is 6.31. The molecule has 0 amide bonds. The number of nitrogens with zero attached hydrogens (tertiary/aromatic N) is 2. The number of aliphatic hydroxyl groups excluding tert-OH is 1. The second kappa shape index (κ2) is 6.58. The molecule has 17 heavy (non-hydrogen) atoms. The third kappa shape index (κ3) is 4.33. The van der Waals surface area contributed by atoms with Crippen molar-refractivity contribution in [3.8, 4) is 5.75 Å². The average Bonchev–Trinajstić information content (AvgIpc) is 2.88. The largest absolute Gasteiger partial charge is 0.491 e. The number of hydrogen-bond donors (Lipinski definition) is 1. The molecule has 0 spiro atoms. The van der Waals surface area contributed by atoms with E-state index in [0.29, 0.717) is 5.75 Å². The highest BCUT2D eigenvalue weighted by Crippen LogP contribution is 2.20. The van der Waals surface area contributed by atoms with E-state index in [4.69, 9.17) is 4.74 Å². The number of thioether (sulfide) groups is 1. The number of para-hydroxylation sites is 1. The molecule has 4 nitrogen and oxygen atoms in total. The lowest BCUT2D eigenvalue weighted by molar-refractivity contribution is 0.126. The Labute approximate surface area is 108 Å². The first-order valence-corrected chi connectivity index (χ1v) is 6.96. The van der Waals surface area contributed by atoms with E-state index in [1.165, 1.54) is 23.1 Å². The molecule has 1 unspecified atom stereocenters. The quantitative estimate of drug-likeness (QED) is 0.813. The van der Waals surface area contributed by atoms with Crippen LogP contribution < -0.4 is 4.74 Å². The van der Waals surface area contributed by atoms with Crippen LogP contribution in [-0.4, -0.2) is 33.8 Å². The predicted octanol–water partition coefficient (Wildman–Crippen LogP) is 2.07. The molecular formula is C11H12N2O2S2. The van der Waals surface area contributed by atoms with Crippen LogP contribution in [0.3, 0.4) is 0 Å². The topological polar surface area (TPSA) is 55.2 Å². The maximum absolute atomic E-state index is 9.72. The molecule has 1 aromatic heterocycles. The van der Waals surface area contributed by atoms with Crippen molar-refractivity contribution in [1.82, 2.24) is 10.2 Å². The molecule has 1 heterocycles. The normalized spacial score (nSPS) is 12.3. The molecule has 0 aliphatic rings. The molecule has 0 aliphatic heterocycles. The fourth-order valence-corrected chi connectivity index (χ4v) is 2.57. The maximum atomic E-state index is 9.72. The molecule has 1 atom stereocenters. The summed E-state index contributed by atoms with van der Waals surface area (Å²) >= 11 is 2.95. The first-order chi connectivity index (χ1) is 8.34. The van der Waals surface area contributed by atoms with Crippen molar-refractivity contribution in [2.45, 2.75) is 10.4 Å². The summed E-state index contributed by atoms with van der Waals surface area (Å²) in [5.41, 5.74) is 1.68. The van der Waals surface area contributed by atoms with E-state index in [1.807, 2.05) is 30.3 Å². The molecule has 0 radical (unpaired) electrons.